The van der Waals surface area contributed by atoms with Crippen LogP contribution in [0.1, 0.15) is 17.3 Å². The van der Waals surface area contributed by atoms with E-state index in [9.17, 15) is 14.4 Å². The Morgan fingerprint density at radius 3 is 2.62 bits per heavy atom. The standard InChI is InChI=1S/C16H20N4O3.ClH/c1-10(17-2)7-19-14(21)9-20-16(23)12-8-18-13-6-4-3-5-11(13)15(12)22;/h3-6,8,10,17H,7,9H2,1-2H3,(H,18,22)(H,19,21)(H,20,23);1H. The smallest absolute Gasteiger partial charge is 0.257 e. The molecule has 2 rings (SSSR count). The number of aromatic nitrogens is 1. The molecule has 24 heavy (non-hydrogen) atoms. The maximum Gasteiger partial charge on any atom is 0.257 e. The van der Waals surface area contributed by atoms with E-state index < -0.39 is 5.91 Å². The minimum atomic E-state index is -0.575. The van der Waals surface area contributed by atoms with Crippen LogP contribution in [0.3, 0.4) is 0 Å². The van der Waals surface area contributed by atoms with E-state index in [0.717, 1.165) is 0 Å². The monoisotopic (exact) mass is 352 g/mol. The van der Waals surface area contributed by atoms with E-state index in [-0.39, 0.29) is 41.9 Å². The van der Waals surface area contributed by atoms with Crippen molar-refractivity contribution in [3.63, 3.8) is 0 Å². The van der Waals surface area contributed by atoms with Gasteiger partial charge < -0.3 is 20.9 Å². The van der Waals surface area contributed by atoms with E-state index in [0.29, 0.717) is 17.4 Å². The summed E-state index contributed by atoms with van der Waals surface area (Å²) < 4.78 is 0. The van der Waals surface area contributed by atoms with Gasteiger partial charge in [0.2, 0.25) is 11.3 Å². The molecule has 1 unspecified atom stereocenters. The fourth-order valence-electron chi connectivity index (χ4n) is 2.02. The second-order valence-corrected chi connectivity index (χ2v) is 5.25. The van der Waals surface area contributed by atoms with Crippen molar-refractivity contribution in [2.45, 2.75) is 13.0 Å². The van der Waals surface area contributed by atoms with Gasteiger partial charge in [-0.15, -0.1) is 12.4 Å². The molecule has 0 aliphatic carbocycles. The second-order valence-electron chi connectivity index (χ2n) is 5.25. The molecule has 0 aliphatic rings. The van der Waals surface area contributed by atoms with Crippen LogP contribution in [-0.4, -0.2) is 43.0 Å². The summed E-state index contributed by atoms with van der Waals surface area (Å²) in [5, 5.41) is 8.56. The molecule has 1 aromatic carbocycles. The van der Waals surface area contributed by atoms with Crippen molar-refractivity contribution in [1.29, 1.82) is 0 Å². The molecule has 0 radical (unpaired) electrons. The third-order valence-corrected chi connectivity index (χ3v) is 3.54. The lowest BCUT2D eigenvalue weighted by Crippen LogP contribution is -2.42. The number of amides is 2. The Labute approximate surface area is 145 Å². The molecule has 1 heterocycles. The first-order valence-electron chi connectivity index (χ1n) is 7.35. The van der Waals surface area contributed by atoms with Gasteiger partial charge in [0.1, 0.15) is 5.56 Å². The van der Waals surface area contributed by atoms with Crippen LogP contribution >= 0.6 is 12.4 Å². The van der Waals surface area contributed by atoms with Crippen LogP contribution in [0, 0.1) is 0 Å². The molecule has 0 bridgehead atoms. The molecule has 2 aromatic rings. The molecular weight excluding hydrogens is 332 g/mol. The maximum atomic E-state index is 12.3. The van der Waals surface area contributed by atoms with Crippen LogP contribution in [0.4, 0.5) is 0 Å². The summed E-state index contributed by atoms with van der Waals surface area (Å²) >= 11 is 0. The second kappa shape index (κ2) is 9.05. The third-order valence-electron chi connectivity index (χ3n) is 3.54. The molecule has 0 saturated heterocycles. The van der Waals surface area contributed by atoms with Crippen LogP contribution in [-0.2, 0) is 4.79 Å². The molecule has 0 spiro atoms. The maximum absolute atomic E-state index is 12.3. The Balaban J connectivity index is 0.00000288. The Kier molecular flexibility index (Phi) is 7.41. The van der Waals surface area contributed by atoms with Gasteiger partial charge in [-0.1, -0.05) is 12.1 Å². The highest BCUT2D eigenvalue weighted by molar-refractivity contribution is 5.98. The number of para-hydroxylation sites is 1. The van der Waals surface area contributed by atoms with Gasteiger partial charge in [0.05, 0.1) is 6.54 Å². The molecule has 0 aliphatic heterocycles. The molecule has 4 N–H and O–H groups in total. The molecule has 1 atom stereocenters. The first-order valence-corrected chi connectivity index (χ1v) is 7.35. The predicted molar refractivity (Wildman–Crippen MR) is 95.7 cm³/mol. The van der Waals surface area contributed by atoms with Gasteiger partial charge in [0, 0.05) is 29.7 Å². The lowest BCUT2D eigenvalue weighted by Gasteiger charge is -2.11. The van der Waals surface area contributed by atoms with Crippen LogP contribution < -0.4 is 21.4 Å². The van der Waals surface area contributed by atoms with Gasteiger partial charge in [-0.05, 0) is 26.1 Å². The zero-order valence-corrected chi connectivity index (χ0v) is 14.3. The largest absolute Gasteiger partial charge is 0.360 e. The molecule has 2 amide bonds. The number of hydrogen-bond donors (Lipinski definition) is 4. The molecule has 1 aromatic heterocycles. The number of carbonyl (C=O) groups is 2. The normalized spacial score (nSPS) is 11.4. The van der Waals surface area contributed by atoms with E-state index >= 15 is 0 Å². The lowest BCUT2D eigenvalue weighted by atomic mass is 10.1. The quantitative estimate of drug-likeness (QED) is 0.604. The summed E-state index contributed by atoms with van der Waals surface area (Å²) in [7, 11) is 1.80. The van der Waals surface area contributed by atoms with Gasteiger partial charge in [-0.3, -0.25) is 14.4 Å². The average molecular weight is 353 g/mol. The van der Waals surface area contributed by atoms with Crippen LogP contribution in [0.15, 0.2) is 35.3 Å². The minimum absolute atomic E-state index is 0. The van der Waals surface area contributed by atoms with Crippen molar-refractivity contribution >= 4 is 35.1 Å². The van der Waals surface area contributed by atoms with Crippen LogP contribution in [0.25, 0.3) is 10.9 Å². The summed E-state index contributed by atoms with van der Waals surface area (Å²) in [4.78, 5) is 38.9. The van der Waals surface area contributed by atoms with Crippen LogP contribution in [0.2, 0.25) is 0 Å². The van der Waals surface area contributed by atoms with E-state index in [1.165, 1.54) is 6.20 Å². The van der Waals surface area contributed by atoms with Gasteiger partial charge in [-0.2, -0.15) is 0 Å². The van der Waals surface area contributed by atoms with Crippen molar-refractivity contribution in [2.75, 3.05) is 20.1 Å². The van der Waals surface area contributed by atoms with Gasteiger partial charge >= 0.3 is 0 Å². The molecule has 7 nitrogen and oxygen atoms in total. The summed E-state index contributed by atoms with van der Waals surface area (Å²) in [5.41, 5.74) is 0.286. The first-order chi connectivity index (χ1) is 11.0. The van der Waals surface area contributed by atoms with Gasteiger partial charge in [0.15, 0.2) is 0 Å². The third kappa shape index (κ3) is 4.81. The Bertz CT molecular complexity index is 775. The van der Waals surface area contributed by atoms with E-state index in [1.807, 2.05) is 6.92 Å². The van der Waals surface area contributed by atoms with Crippen molar-refractivity contribution in [2.24, 2.45) is 0 Å². The number of rotatable bonds is 6. The highest BCUT2D eigenvalue weighted by Gasteiger charge is 2.13. The van der Waals surface area contributed by atoms with Crippen molar-refractivity contribution in [3.05, 3.63) is 46.2 Å². The molecule has 0 fully saturated rings. The zero-order chi connectivity index (χ0) is 16.8. The number of hydrogen-bond acceptors (Lipinski definition) is 4. The molecule has 8 heteroatoms. The minimum Gasteiger partial charge on any atom is -0.360 e. The number of nitrogens with one attached hydrogen (secondary N) is 4. The first kappa shape index (κ1) is 19.7. The highest BCUT2D eigenvalue weighted by atomic mass is 35.5. The van der Waals surface area contributed by atoms with Gasteiger partial charge in [0.25, 0.3) is 5.91 Å². The zero-order valence-electron chi connectivity index (χ0n) is 13.5. The lowest BCUT2D eigenvalue weighted by molar-refractivity contribution is -0.120. The molecule has 130 valence electrons. The Morgan fingerprint density at radius 2 is 1.92 bits per heavy atom. The predicted octanol–water partition coefficient (Wildman–Crippen LogP) is 0.404. The number of halogens is 1. The number of pyridine rings is 1. The molecular formula is C16H21ClN4O3. The summed E-state index contributed by atoms with van der Waals surface area (Å²) in [5.74, 6) is -0.883. The topological polar surface area (TPSA) is 103 Å². The fourth-order valence-corrected chi connectivity index (χ4v) is 2.02. The summed E-state index contributed by atoms with van der Waals surface area (Å²) in [6.45, 7) is 2.21. The Morgan fingerprint density at radius 1 is 1.21 bits per heavy atom. The van der Waals surface area contributed by atoms with E-state index in [4.69, 9.17) is 0 Å². The summed E-state index contributed by atoms with van der Waals surface area (Å²) in [6, 6.07) is 7.08. The number of H-pyrrole nitrogens is 1. The fraction of sp³-hybridized carbons (Fsp3) is 0.312. The number of fused-ring (bicyclic) bond motifs is 1. The average Bonchev–Trinajstić information content (AvgIpc) is 2.58. The number of benzene rings is 1. The van der Waals surface area contributed by atoms with Gasteiger partial charge in [-0.25, -0.2) is 0 Å². The van der Waals surface area contributed by atoms with E-state index in [1.54, 1.807) is 31.3 Å². The van der Waals surface area contributed by atoms with Crippen molar-refractivity contribution in [3.8, 4) is 0 Å². The van der Waals surface area contributed by atoms with Crippen molar-refractivity contribution in [1.82, 2.24) is 20.9 Å². The van der Waals surface area contributed by atoms with E-state index in [2.05, 4.69) is 20.9 Å². The summed E-state index contributed by atoms with van der Waals surface area (Å²) in [6.07, 6.45) is 1.36. The number of aromatic amines is 1. The molecule has 0 saturated carbocycles. The highest BCUT2D eigenvalue weighted by Crippen LogP contribution is 2.06. The van der Waals surface area contributed by atoms with Crippen molar-refractivity contribution < 1.29 is 9.59 Å². The Hall–Kier alpha value is -2.38. The SMILES string of the molecule is CNC(C)CNC(=O)CNC(=O)c1c[nH]c2ccccc2c1=O.Cl. The number of likely N-dealkylation sites (N-methyl/N-ethyl adjacent to an activating group) is 1. The van der Waals surface area contributed by atoms with Crippen LogP contribution in [0.5, 0.6) is 0 Å². The number of carbonyl (C=O) groups excluding carboxylic acids is 2.